The molecule has 0 amide bonds. The predicted molar refractivity (Wildman–Crippen MR) is 78.8 cm³/mol. The lowest BCUT2D eigenvalue weighted by molar-refractivity contribution is 0.103. The fourth-order valence-electron chi connectivity index (χ4n) is 4.12. The van der Waals surface area contributed by atoms with Crippen molar-refractivity contribution in [1.29, 1.82) is 0 Å². The number of piperidine rings is 1. The van der Waals surface area contributed by atoms with Gasteiger partial charge in [0, 0.05) is 23.2 Å². The maximum atomic E-state index is 3.91. The monoisotopic (exact) mass is 252 g/mol. The van der Waals surface area contributed by atoms with Gasteiger partial charge >= 0.3 is 0 Å². The van der Waals surface area contributed by atoms with E-state index < -0.39 is 0 Å². The third-order valence-corrected chi connectivity index (χ3v) is 4.78. The van der Waals surface area contributed by atoms with E-state index in [9.17, 15) is 0 Å². The third-order valence-electron chi connectivity index (χ3n) is 4.78. The van der Waals surface area contributed by atoms with E-state index >= 15 is 0 Å². The molecule has 1 aliphatic heterocycles. The summed E-state index contributed by atoms with van der Waals surface area (Å²) in [6.45, 7) is 14.1. The van der Waals surface area contributed by atoms with Crippen LogP contribution in [0.2, 0.25) is 0 Å². The first-order valence-corrected chi connectivity index (χ1v) is 7.72. The molecule has 0 radical (unpaired) electrons. The van der Waals surface area contributed by atoms with Gasteiger partial charge in [0.05, 0.1) is 0 Å². The average molecular weight is 252 g/mol. The third kappa shape index (κ3) is 3.48. The summed E-state index contributed by atoms with van der Waals surface area (Å²) in [5, 5.41) is 7.67. The minimum atomic E-state index is 0.264. The molecular weight excluding hydrogens is 220 g/mol. The maximum absolute atomic E-state index is 3.91. The standard InChI is InChI=1S/C16H32N2/c1-11(2)12-7-13(8-12)17-14-9-15(3,4)18-16(5,6)10-14/h11-14,17-18H,7-10H2,1-6H3. The molecule has 1 aliphatic carbocycles. The largest absolute Gasteiger partial charge is 0.311 e. The first-order valence-electron chi connectivity index (χ1n) is 7.72. The zero-order chi connectivity index (χ0) is 13.6. The molecule has 0 spiro atoms. The second-order valence-electron chi connectivity index (χ2n) is 8.34. The van der Waals surface area contributed by atoms with Gasteiger partial charge in [0.2, 0.25) is 0 Å². The van der Waals surface area contributed by atoms with Crippen molar-refractivity contribution >= 4 is 0 Å². The molecule has 0 atom stereocenters. The van der Waals surface area contributed by atoms with Crippen LogP contribution < -0.4 is 10.6 Å². The van der Waals surface area contributed by atoms with Crippen LogP contribution in [0.15, 0.2) is 0 Å². The van der Waals surface area contributed by atoms with Crippen molar-refractivity contribution in [2.75, 3.05) is 0 Å². The minimum Gasteiger partial charge on any atom is -0.311 e. The lowest BCUT2D eigenvalue weighted by Crippen LogP contribution is -2.63. The van der Waals surface area contributed by atoms with Crippen molar-refractivity contribution in [3.63, 3.8) is 0 Å². The molecule has 2 nitrogen and oxygen atoms in total. The molecular formula is C16H32N2. The topological polar surface area (TPSA) is 24.1 Å². The second-order valence-corrected chi connectivity index (χ2v) is 8.34. The quantitative estimate of drug-likeness (QED) is 0.805. The highest BCUT2D eigenvalue weighted by Gasteiger charge is 2.40. The smallest absolute Gasteiger partial charge is 0.0144 e. The lowest BCUT2D eigenvalue weighted by atomic mass is 9.72. The van der Waals surface area contributed by atoms with Gasteiger partial charge in [-0.05, 0) is 65.2 Å². The molecule has 2 heteroatoms. The van der Waals surface area contributed by atoms with E-state index in [1.54, 1.807) is 0 Å². The molecule has 18 heavy (non-hydrogen) atoms. The van der Waals surface area contributed by atoms with Crippen LogP contribution in [0.4, 0.5) is 0 Å². The number of hydrogen-bond donors (Lipinski definition) is 2. The fourth-order valence-corrected chi connectivity index (χ4v) is 4.12. The highest BCUT2D eigenvalue weighted by Crippen LogP contribution is 2.36. The Morgan fingerprint density at radius 2 is 1.44 bits per heavy atom. The van der Waals surface area contributed by atoms with Crippen molar-refractivity contribution in [2.45, 2.75) is 90.4 Å². The molecule has 2 aliphatic rings. The second kappa shape index (κ2) is 4.79. The average Bonchev–Trinajstić information content (AvgIpc) is 2.04. The van der Waals surface area contributed by atoms with Crippen molar-refractivity contribution in [1.82, 2.24) is 10.6 Å². The molecule has 2 N–H and O–H groups in total. The molecule has 0 aromatic rings. The molecule has 1 heterocycles. The molecule has 2 fully saturated rings. The Balaban J connectivity index is 1.83. The van der Waals surface area contributed by atoms with Crippen LogP contribution in [0, 0.1) is 11.8 Å². The Hall–Kier alpha value is -0.0800. The van der Waals surface area contributed by atoms with E-state index in [0.717, 1.165) is 17.9 Å². The summed E-state index contributed by atoms with van der Waals surface area (Å²) in [6.07, 6.45) is 5.28. The van der Waals surface area contributed by atoms with Gasteiger partial charge in [-0.1, -0.05) is 13.8 Å². The lowest BCUT2D eigenvalue weighted by Gasteiger charge is -2.49. The molecule has 2 rings (SSSR count). The van der Waals surface area contributed by atoms with Gasteiger partial charge in [0.1, 0.15) is 0 Å². The van der Waals surface area contributed by atoms with Crippen LogP contribution in [0.5, 0.6) is 0 Å². The van der Waals surface area contributed by atoms with Gasteiger partial charge in [0.15, 0.2) is 0 Å². The van der Waals surface area contributed by atoms with E-state index in [1.165, 1.54) is 25.7 Å². The van der Waals surface area contributed by atoms with Crippen LogP contribution >= 0.6 is 0 Å². The number of nitrogens with one attached hydrogen (secondary N) is 2. The SMILES string of the molecule is CC(C)C1CC(NC2CC(C)(C)NC(C)(C)C2)C1. The van der Waals surface area contributed by atoms with Crippen LogP contribution in [0.25, 0.3) is 0 Å². The summed E-state index contributed by atoms with van der Waals surface area (Å²) >= 11 is 0. The van der Waals surface area contributed by atoms with Gasteiger partial charge in [-0.2, -0.15) is 0 Å². The normalized spacial score (nSPS) is 35.5. The Bertz CT molecular complexity index is 271. The summed E-state index contributed by atoms with van der Waals surface area (Å²) in [4.78, 5) is 0. The highest BCUT2D eigenvalue weighted by molar-refractivity contribution is 5.01. The van der Waals surface area contributed by atoms with Crippen molar-refractivity contribution in [3.8, 4) is 0 Å². The van der Waals surface area contributed by atoms with Crippen molar-refractivity contribution in [2.24, 2.45) is 11.8 Å². The van der Waals surface area contributed by atoms with Gasteiger partial charge in [-0.15, -0.1) is 0 Å². The van der Waals surface area contributed by atoms with Crippen molar-refractivity contribution < 1.29 is 0 Å². The van der Waals surface area contributed by atoms with Crippen LogP contribution in [-0.4, -0.2) is 23.2 Å². The van der Waals surface area contributed by atoms with E-state index in [4.69, 9.17) is 0 Å². The zero-order valence-electron chi connectivity index (χ0n) is 13.1. The summed E-state index contributed by atoms with van der Waals surface area (Å²) in [5.74, 6) is 1.83. The Kier molecular flexibility index (Phi) is 3.81. The van der Waals surface area contributed by atoms with Crippen LogP contribution in [-0.2, 0) is 0 Å². The fraction of sp³-hybridized carbons (Fsp3) is 1.00. The van der Waals surface area contributed by atoms with E-state index in [2.05, 4.69) is 52.2 Å². The van der Waals surface area contributed by atoms with Gasteiger partial charge in [0.25, 0.3) is 0 Å². The zero-order valence-corrected chi connectivity index (χ0v) is 13.1. The predicted octanol–water partition coefficient (Wildman–Crippen LogP) is 3.32. The number of rotatable bonds is 3. The van der Waals surface area contributed by atoms with Crippen LogP contribution in [0.3, 0.4) is 0 Å². The molecule has 106 valence electrons. The first kappa shape index (κ1) is 14.3. The molecule has 0 unspecified atom stereocenters. The summed E-state index contributed by atoms with van der Waals surface area (Å²) in [5.41, 5.74) is 0.529. The maximum Gasteiger partial charge on any atom is 0.0144 e. The molecule has 0 aromatic carbocycles. The molecule has 1 saturated heterocycles. The summed E-state index contributed by atoms with van der Waals surface area (Å²) < 4.78 is 0. The Labute approximate surface area is 113 Å². The van der Waals surface area contributed by atoms with E-state index in [1.807, 2.05) is 0 Å². The molecule has 1 saturated carbocycles. The van der Waals surface area contributed by atoms with Gasteiger partial charge in [-0.3, -0.25) is 0 Å². The summed E-state index contributed by atoms with van der Waals surface area (Å²) in [6, 6.07) is 1.47. The summed E-state index contributed by atoms with van der Waals surface area (Å²) in [7, 11) is 0. The van der Waals surface area contributed by atoms with E-state index in [0.29, 0.717) is 6.04 Å². The minimum absolute atomic E-state index is 0.264. The van der Waals surface area contributed by atoms with Crippen molar-refractivity contribution in [3.05, 3.63) is 0 Å². The Morgan fingerprint density at radius 3 is 1.89 bits per heavy atom. The van der Waals surface area contributed by atoms with Crippen LogP contribution in [0.1, 0.15) is 67.2 Å². The van der Waals surface area contributed by atoms with E-state index in [-0.39, 0.29) is 11.1 Å². The highest BCUT2D eigenvalue weighted by atomic mass is 15.1. The number of hydrogen-bond acceptors (Lipinski definition) is 2. The first-order chi connectivity index (χ1) is 8.17. The van der Waals surface area contributed by atoms with Gasteiger partial charge in [-0.25, -0.2) is 0 Å². The van der Waals surface area contributed by atoms with Gasteiger partial charge < -0.3 is 10.6 Å². The molecule has 0 aromatic heterocycles. The molecule has 0 bridgehead atoms. The Morgan fingerprint density at radius 1 is 0.944 bits per heavy atom.